The molecule has 1 rings (SSSR count). The average molecular weight is 306 g/mol. The van der Waals surface area contributed by atoms with Gasteiger partial charge in [-0.1, -0.05) is 12.1 Å². The van der Waals surface area contributed by atoms with E-state index in [0.717, 1.165) is 18.1 Å². The van der Waals surface area contributed by atoms with Crippen LogP contribution in [0, 0.1) is 0 Å². The van der Waals surface area contributed by atoms with Crippen LogP contribution in [0.2, 0.25) is 0 Å². The van der Waals surface area contributed by atoms with E-state index in [0.29, 0.717) is 12.3 Å². The molecule has 0 aliphatic rings. The van der Waals surface area contributed by atoms with Gasteiger partial charge in [0.1, 0.15) is 5.75 Å². The standard InChI is InChI=1S/C16H26N4O2/c1-5-18-15(20-16(2,3)4)19-10-12-7-6-8-13(9-12)22-11-14(17)21/h6-9H,5,10-11H2,1-4H3,(H2,17,21)(H2,18,19,20). The summed E-state index contributed by atoms with van der Waals surface area (Å²) >= 11 is 0. The van der Waals surface area contributed by atoms with E-state index in [-0.39, 0.29) is 12.1 Å². The fraction of sp³-hybridized carbons (Fsp3) is 0.500. The first kappa shape index (κ1) is 17.8. The number of primary amides is 1. The summed E-state index contributed by atoms with van der Waals surface area (Å²) in [4.78, 5) is 15.3. The van der Waals surface area contributed by atoms with Gasteiger partial charge in [0.15, 0.2) is 12.6 Å². The number of carbonyl (C=O) groups is 1. The van der Waals surface area contributed by atoms with Gasteiger partial charge in [0.25, 0.3) is 5.91 Å². The Bertz CT molecular complexity index is 521. The minimum Gasteiger partial charge on any atom is -0.484 e. The van der Waals surface area contributed by atoms with Crippen molar-refractivity contribution >= 4 is 11.9 Å². The van der Waals surface area contributed by atoms with Crippen molar-refractivity contribution in [1.82, 2.24) is 10.6 Å². The molecule has 0 bridgehead atoms. The van der Waals surface area contributed by atoms with E-state index < -0.39 is 5.91 Å². The Balaban J connectivity index is 2.72. The fourth-order valence-corrected chi connectivity index (χ4v) is 1.72. The van der Waals surface area contributed by atoms with Gasteiger partial charge in [0.05, 0.1) is 6.54 Å². The maximum Gasteiger partial charge on any atom is 0.255 e. The quantitative estimate of drug-likeness (QED) is 0.547. The molecule has 0 fully saturated rings. The first-order valence-corrected chi connectivity index (χ1v) is 7.36. The summed E-state index contributed by atoms with van der Waals surface area (Å²) in [5.74, 6) is 0.881. The van der Waals surface area contributed by atoms with E-state index >= 15 is 0 Å². The molecule has 4 N–H and O–H groups in total. The molecule has 0 aliphatic carbocycles. The Hall–Kier alpha value is -2.24. The second-order valence-corrected chi connectivity index (χ2v) is 5.97. The third kappa shape index (κ3) is 7.52. The van der Waals surface area contributed by atoms with Crippen molar-refractivity contribution in [2.75, 3.05) is 13.2 Å². The highest BCUT2D eigenvalue weighted by Crippen LogP contribution is 2.14. The average Bonchev–Trinajstić information content (AvgIpc) is 2.42. The zero-order chi connectivity index (χ0) is 16.6. The van der Waals surface area contributed by atoms with Gasteiger partial charge in [-0.05, 0) is 45.4 Å². The van der Waals surface area contributed by atoms with Crippen LogP contribution in [0.1, 0.15) is 33.3 Å². The summed E-state index contributed by atoms with van der Waals surface area (Å²) in [7, 11) is 0. The molecule has 0 aliphatic heterocycles. The van der Waals surface area contributed by atoms with Gasteiger partial charge < -0.3 is 21.1 Å². The number of nitrogens with one attached hydrogen (secondary N) is 2. The number of aliphatic imine (C=N–C) groups is 1. The lowest BCUT2D eigenvalue weighted by Gasteiger charge is -2.23. The fourth-order valence-electron chi connectivity index (χ4n) is 1.72. The molecule has 1 amide bonds. The van der Waals surface area contributed by atoms with Crippen LogP contribution in [-0.2, 0) is 11.3 Å². The number of nitrogens with two attached hydrogens (primary N) is 1. The number of rotatable bonds is 6. The number of hydrogen-bond donors (Lipinski definition) is 3. The molecular weight excluding hydrogens is 280 g/mol. The zero-order valence-electron chi connectivity index (χ0n) is 13.8. The summed E-state index contributed by atoms with van der Waals surface area (Å²) in [6, 6.07) is 7.47. The molecule has 0 spiro atoms. The normalized spacial score (nSPS) is 11.9. The van der Waals surface area contributed by atoms with Gasteiger partial charge >= 0.3 is 0 Å². The zero-order valence-corrected chi connectivity index (χ0v) is 13.8. The van der Waals surface area contributed by atoms with E-state index in [2.05, 4.69) is 36.4 Å². The third-order valence-electron chi connectivity index (χ3n) is 2.54. The van der Waals surface area contributed by atoms with Crippen molar-refractivity contribution in [2.45, 2.75) is 39.8 Å². The molecule has 6 heteroatoms. The third-order valence-corrected chi connectivity index (χ3v) is 2.54. The first-order chi connectivity index (χ1) is 10.3. The number of ether oxygens (including phenoxy) is 1. The van der Waals surface area contributed by atoms with Gasteiger partial charge in [-0.25, -0.2) is 4.99 Å². The monoisotopic (exact) mass is 306 g/mol. The SMILES string of the molecule is CCNC(=NCc1cccc(OCC(N)=O)c1)NC(C)(C)C. The number of amides is 1. The van der Waals surface area contributed by atoms with Gasteiger partial charge in [-0.3, -0.25) is 4.79 Å². The van der Waals surface area contributed by atoms with Gasteiger partial charge in [-0.15, -0.1) is 0 Å². The van der Waals surface area contributed by atoms with E-state index in [9.17, 15) is 4.79 Å². The van der Waals surface area contributed by atoms with Crippen LogP contribution in [0.3, 0.4) is 0 Å². The molecule has 6 nitrogen and oxygen atoms in total. The van der Waals surface area contributed by atoms with Crippen molar-refractivity contribution in [1.29, 1.82) is 0 Å². The van der Waals surface area contributed by atoms with Crippen molar-refractivity contribution < 1.29 is 9.53 Å². The molecule has 0 atom stereocenters. The minimum atomic E-state index is -0.493. The Morgan fingerprint density at radius 2 is 2.09 bits per heavy atom. The topological polar surface area (TPSA) is 88.7 Å². The lowest BCUT2D eigenvalue weighted by Crippen LogP contribution is -2.47. The van der Waals surface area contributed by atoms with Crippen molar-refractivity contribution in [3.63, 3.8) is 0 Å². The summed E-state index contributed by atoms with van der Waals surface area (Å²) in [6.07, 6.45) is 0. The molecule has 0 heterocycles. The number of hydrogen-bond acceptors (Lipinski definition) is 3. The van der Waals surface area contributed by atoms with E-state index in [1.54, 1.807) is 6.07 Å². The number of carbonyl (C=O) groups excluding carboxylic acids is 1. The van der Waals surface area contributed by atoms with Crippen LogP contribution < -0.4 is 21.1 Å². The van der Waals surface area contributed by atoms with E-state index in [1.165, 1.54) is 0 Å². The summed E-state index contributed by atoms with van der Waals surface area (Å²) in [5.41, 5.74) is 6.00. The Kier molecular flexibility index (Phi) is 6.69. The van der Waals surface area contributed by atoms with Crippen LogP contribution >= 0.6 is 0 Å². The number of benzene rings is 1. The van der Waals surface area contributed by atoms with Crippen LogP contribution in [0.5, 0.6) is 5.75 Å². The largest absolute Gasteiger partial charge is 0.484 e. The van der Waals surface area contributed by atoms with Crippen molar-refractivity contribution in [3.8, 4) is 5.75 Å². The highest BCUT2D eigenvalue weighted by molar-refractivity contribution is 5.80. The highest BCUT2D eigenvalue weighted by Gasteiger charge is 2.11. The molecule has 0 unspecified atom stereocenters. The summed E-state index contributed by atoms with van der Waals surface area (Å²) in [6.45, 7) is 9.45. The van der Waals surface area contributed by atoms with Gasteiger partial charge in [-0.2, -0.15) is 0 Å². The lowest BCUT2D eigenvalue weighted by molar-refractivity contribution is -0.119. The van der Waals surface area contributed by atoms with Crippen LogP contribution in [0.4, 0.5) is 0 Å². The first-order valence-electron chi connectivity index (χ1n) is 7.36. The maximum atomic E-state index is 10.7. The Morgan fingerprint density at radius 1 is 1.36 bits per heavy atom. The van der Waals surface area contributed by atoms with Crippen LogP contribution in [0.25, 0.3) is 0 Å². The van der Waals surface area contributed by atoms with E-state index in [4.69, 9.17) is 10.5 Å². The van der Waals surface area contributed by atoms with Crippen LogP contribution in [0.15, 0.2) is 29.3 Å². The van der Waals surface area contributed by atoms with Crippen molar-refractivity contribution in [3.05, 3.63) is 29.8 Å². The number of guanidine groups is 1. The second kappa shape index (κ2) is 8.26. The molecule has 0 saturated heterocycles. The smallest absolute Gasteiger partial charge is 0.255 e. The van der Waals surface area contributed by atoms with Gasteiger partial charge in [0.2, 0.25) is 0 Å². The lowest BCUT2D eigenvalue weighted by atomic mass is 10.1. The molecule has 22 heavy (non-hydrogen) atoms. The van der Waals surface area contributed by atoms with E-state index in [1.807, 2.05) is 25.1 Å². The molecule has 0 saturated carbocycles. The predicted molar refractivity (Wildman–Crippen MR) is 88.8 cm³/mol. The molecule has 0 radical (unpaired) electrons. The molecule has 122 valence electrons. The van der Waals surface area contributed by atoms with Crippen molar-refractivity contribution in [2.24, 2.45) is 10.7 Å². The van der Waals surface area contributed by atoms with Crippen LogP contribution in [-0.4, -0.2) is 30.6 Å². The molecule has 0 aromatic heterocycles. The summed E-state index contributed by atoms with van der Waals surface area (Å²) < 4.78 is 5.29. The summed E-state index contributed by atoms with van der Waals surface area (Å²) in [5, 5.41) is 6.54. The molecule has 1 aromatic carbocycles. The maximum absolute atomic E-state index is 10.7. The molecular formula is C16H26N4O2. The minimum absolute atomic E-state index is 0.0621. The Morgan fingerprint density at radius 3 is 2.68 bits per heavy atom. The highest BCUT2D eigenvalue weighted by atomic mass is 16.5. The number of nitrogens with zero attached hydrogens (tertiary/aromatic N) is 1. The molecule has 1 aromatic rings. The second-order valence-electron chi connectivity index (χ2n) is 5.97. The van der Waals surface area contributed by atoms with Gasteiger partial charge in [0, 0.05) is 12.1 Å². The Labute approximate surface area is 132 Å². The predicted octanol–water partition coefficient (Wildman–Crippen LogP) is 1.40.